The maximum Gasteiger partial charge on any atom is 0.308 e. The van der Waals surface area contributed by atoms with Crippen molar-refractivity contribution in [2.24, 2.45) is 0 Å². The van der Waals surface area contributed by atoms with Crippen molar-refractivity contribution in [1.82, 2.24) is 0 Å². The molecule has 25 heavy (non-hydrogen) atoms. The van der Waals surface area contributed by atoms with Gasteiger partial charge in [-0.15, -0.1) is 0 Å². The fourth-order valence-corrected chi connectivity index (χ4v) is 2.77. The van der Waals surface area contributed by atoms with Crippen LogP contribution in [-0.4, -0.2) is 26.0 Å². The molecular formula is C19H18O6. The molecular weight excluding hydrogens is 324 g/mol. The molecule has 3 rings (SSSR count). The lowest BCUT2D eigenvalue weighted by Crippen LogP contribution is -2.20. The fraction of sp³-hybridized carbons (Fsp3) is 0.263. The number of hydrogen-bond donors (Lipinski definition) is 0. The molecule has 1 atom stereocenters. The van der Waals surface area contributed by atoms with Crippen LogP contribution in [0.5, 0.6) is 23.0 Å². The van der Waals surface area contributed by atoms with Crippen molar-refractivity contribution in [3.63, 3.8) is 0 Å². The van der Waals surface area contributed by atoms with Gasteiger partial charge in [0.15, 0.2) is 17.3 Å². The van der Waals surface area contributed by atoms with Crippen LogP contribution in [0.2, 0.25) is 0 Å². The van der Waals surface area contributed by atoms with Crippen LogP contribution in [0.15, 0.2) is 36.4 Å². The highest BCUT2D eigenvalue weighted by Gasteiger charge is 2.29. The van der Waals surface area contributed by atoms with Gasteiger partial charge in [-0.2, -0.15) is 0 Å². The normalized spacial score (nSPS) is 15.8. The van der Waals surface area contributed by atoms with E-state index in [-0.39, 0.29) is 12.2 Å². The van der Waals surface area contributed by atoms with Gasteiger partial charge in [-0.3, -0.25) is 9.59 Å². The van der Waals surface area contributed by atoms with E-state index in [1.54, 1.807) is 38.5 Å². The molecule has 0 amide bonds. The molecule has 0 saturated carbocycles. The summed E-state index contributed by atoms with van der Waals surface area (Å²) in [5.41, 5.74) is 1.23. The van der Waals surface area contributed by atoms with Crippen molar-refractivity contribution in [2.45, 2.75) is 19.4 Å². The number of Topliss-reactive ketones (excluding diaryl/α,β-unsaturated/α-hetero) is 1. The highest BCUT2D eigenvalue weighted by Crippen LogP contribution is 2.39. The molecule has 1 unspecified atom stereocenters. The van der Waals surface area contributed by atoms with Crippen LogP contribution in [0.3, 0.4) is 0 Å². The molecule has 0 aliphatic carbocycles. The Kier molecular flexibility index (Phi) is 4.61. The minimum atomic E-state index is -0.438. The number of esters is 1. The van der Waals surface area contributed by atoms with Crippen molar-refractivity contribution >= 4 is 11.8 Å². The van der Waals surface area contributed by atoms with Gasteiger partial charge in [-0.1, -0.05) is 6.07 Å². The zero-order valence-corrected chi connectivity index (χ0v) is 14.2. The first-order valence-corrected chi connectivity index (χ1v) is 7.76. The van der Waals surface area contributed by atoms with Crippen LogP contribution < -0.4 is 18.9 Å². The number of rotatable bonds is 4. The molecule has 1 aliphatic rings. The fourth-order valence-electron chi connectivity index (χ4n) is 2.77. The van der Waals surface area contributed by atoms with E-state index in [9.17, 15) is 9.59 Å². The average Bonchev–Trinajstić information content (AvgIpc) is 2.61. The molecule has 0 radical (unpaired) electrons. The maximum absolute atomic E-state index is 12.5. The summed E-state index contributed by atoms with van der Waals surface area (Å²) in [7, 11) is 3.12. The first kappa shape index (κ1) is 16.8. The lowest BCUT2D eigenvalue weighted by molar-refractivity contribution is -0.131. The second kappa shape index (κ2) is 6.84. The summed E-state index contributed by atoms with van der Waals surface area (Å²) >= 11 is 0. The summed E-state index contributed by atoms with van der Waals surface area (Å²) < 4.78 is 21.5. The Labute approximate surface area is 145 Å². The highest BCUT2D eigenvalue weighted by atomic mass is 16.5. The van der Waals surface area contributed by atoms with Gasteiger partial charge in [0.2, 0.25) is 0 Å². The van der Waals surface area contributed by atoms with Gasteiger partial charge in [0.1, 0.15) is 17.6 Å². The van der Waals surface area contributed by atoms with Gasteiger partial charge in [0, 0.05) is 6.92 Å². The zero-order chi connectivity index (χ0) is 18.0. The predicted molar refractivity (Wildman–Crippen MR) is 89.6 cm³/mol. The van der Waals surface area contributed by atoms with Gasteiger partial charge in [-0.25, -0.2) is 0 Å². The molecule has 1 aliphatic heterocycles. The Morgan fingerprint density at radius 2 is 1.84 bits per heavy atom. The van der Waals surface area contributed by atoms with Crippen molar-refractivity contribution in [3.8, 4) is 23.0 Å². The molecule has 2 aromatic carbocycles. The molecule has 0 N–H and O–H groups in total. The quantitative estimate of drug-likeness (QED) is 0.627. The minimum absolute atomic E-state index is 0.0740. The summed E-state index contributed by atoms with van der Waals surface area (Å²) in [5, 5.41) is 0. The number of hydrogen-bond acceptors (Lipinski definition) is 6. The smallest absolute Gasteiger partial charge is 0.308 e. The molecule has 0 fully saturated rings. The van der Waals surface area contributed by atoms with Crippen LogP contribution in [-0.2, 0) is 4.79 Å². The monoisotopic (exact) mass is 342 g/mol. The lowest BCUT2D eigenvalue weighted by atomic mass is 9.96. The molecule has 6 heteroatoms. The SMILES string of the molecule is COc1ccc(C2CC(=O)c3cc(OC(C)=O)ccc3O2)cc1OC. The number of methoxy groups -OCH3 is 2. The van der Waals surface area contributed by atoms with Gasteiger partial charge in [0.05, 0.1) is 26.2 Å². The van der Waals surface area contributed by atoms with Crippen molar-refractivity contribution in [1.29, 1.82) is 0 Å². The van der Waals surface area contributed by atoms with E-state index < -0.39 is 12.1 Å². The minimum Gasteiger partial charge on any atom is -0.493 e. The molecule has 6 nitrogen and oxygen atoms in total. The second-order valence-electron chi connectivity index (χ2n) is 5.60. The predicted octanol–water partition coefficient (Wildman–Crippen LogP) is 3.34. The molecule has 0 bridgehead atoms. The summed E-state index contributed by atoms with van der Waals surface area (Å²) in [4.78, 5) is 23.6. The molecule has 0 saturated heterocycles. The number of fused-ring (bicyclic) bond motifs is 1. The van der Waals surface area contributed by atoms with E-state index >= 15 is 0 Å². The zero-order valence-electron chi connectivity index (χ0n) is 14.2. The number of ketones is 1. The molecule has 0 spiro atoms. The first-order valence-electron chi connectivity index (χ1n) is 7.76. The van der Waals surface area contributed by atoms with E-state index in [0.717, 1.165) is 5.56 Å². The van der Waals surface area contributed by atoms with E-state index in [4.69, 9.17) is 18.9 Å². The van der Waals surface area contributed by atoms with Crippen molar-refractivity contribution in [3.05, 3.63) is 47.5 Å². The van der Waals surface area contributed by atoms with Crippen molar-refractivity contribution in [2.75, 3.05) is 14.2 Å². The third-order valence-electron chi connectivity index (χ3n) is 3.93. The summed E-state index contributed by atoms with van der Waals surface area (Å²) in [6.45, 7) is 1.31. The first-order chi connectivity index (χ1) is 12.0. The Morgan fingerprint density at radius 1 is 1.08 bits per heavy atom. The summed E-state index contributed by atoms with van der Waals surface area (Å²) in [5.74, 6) is 1.47. The van der Waals surface area contributed by atoms with Crippen molar-refractivity contribution < 1.29 is 28.5 Å². The largest absolute Gasteiger partial charge is 0.493 e. The topological polar surface area (TPSA) is 71.1 Å². The lowest BCUT2D eigenvalue weighted by Gasteiger charge is -2.26. The summed E-state index contributed by atoms with van der Waals surface area (Å²) in [6.07, 6.45) is -0.231. The van der Waals surface area contributed by atoms with Crippen LogP contribution >= 0.6 is 0 Å². The Balaban J connectivity index is 1.89. The van der Waals surface area contributed by atoms with Crippen LogP contribution in [0, 0.1) is 0 Å². The average molecular weight is 342 g/mol. The summed E-state index contributed by atoms with van der Waals surface area (Å²) in [6, 6.07) is 10.2. The van der Waals surface area contributed by atoms with Gasteiger partial charge < -0.3 is 18.9 Å². The molecule has 1 heterocycles. The number of carbonyl (C=O) groups is 2. The number of carbonyl (C=O) groups excluding carboxylic acids is 2. The van der Waals surface area contributed by atoms with E-state index in [1.165, 1.54) is 13.0 Å². The number of benzene rings is 2. The van der Waals surface area contributed by atoms with Crippen LogP contribution in [0.1, 0.15) is 35.4 Å². The van der Waals surface area contributed by atoms with Gasteiger partial charge in [0.25, 0.3) is 0 Å². The highest BCUT2D eigenvalue weighted by molar-refractivity contribution is 6.00. The van der Waals surface area contributed by atoms with E-state index in [1.807, 2.05) is 6.07 Å². The third-order valence-corrected chi connectivity index (χ3v) is 3.93. The van der Waals surface area contributed by atoms with E-state index in [0.29, 0.717) is 28.6 Å². The molecule has 130 valence electrons. The Hall–Kier alpha value is -3.02. The Morgan fingerprint density at radius 3 is 2.52 bits per heavy atom. The van der Waals surface area contributed by atoms with Gasteiger partial charge >= 0.3 is 5.97 Å². The van der Waals surface area contributed by atoms with Crippen LogP contribution in [0.4, 0.5) is 0 Å². The van der Waals surface area contributed by atoms with Gasteiger partial charge in [-0.05, 0) is 35.9 Å². The second-order valence-corrected chi connectivity index (χ2v) is 5.60. The molecule has 0 aromatic heterocycles. The third kappa shape index (κ3) is 3.42. The number of ether oxygens (including phenoxy) is 4. The van der Waals surface area contributed by atoms with Crippen LogP contribution in [0.25, 0.3) is 0 Å². The van der Waals surface area contributed by atoms with E-state index in [2.05, 4.69) is 0 Å². The standard InChI is InChI=1S/C19H18O6/c1-11(20)24-13-5-7-16-14(9-13)15(21)10-18(25-16)12-4-6-17(22-2)19(8-12)23-3/h4-9,18H,10H2,1-3H3. The molecule has 2 aromatic rings. The Bertz CT molecular complexity index is 827. The maximum atomic E-state index is 12.5.